The van der Waals surface area contributed by atoms with Gasteiger partial charge in [0.25, 0.3) is 11.8 Å². The molecule has 0 aliphatic carbocycles. The van der Waals surface area contributed by atoms with Crippen molar-refractivity contribution in [3.05, 3.63) is 63.7 Å². The van der Waals surface area contributed by atoms with Crippen molar-refractivity contribution < 1.29 is 32.0 Å². The molecule has 0 spiro atoms. The average Bonchev–Trinajstić information content (AvgIpc) is 3.02. The maximum atomic E-state index is 12.1. The third-order valence-corrected chi connectivity index (χ3v) is 4.86. The Balaban J connectivity index is 0.000000623. The van der Waals surface area contributed by atoms with Crippen LogP contribution in [0.3, 0.4) is 0 Å². The minimum absolute atomic E-state index is 0.256. The minimum Gasteiger partial charge on any atom is -0.487 e. The van der Waals surface area contributed by atoms with E-state index in [1.807, 2.05) is 13.8 Å². The molecule has 0 fully saturated rings. The number of aryl methyl sites for hydroxylation is 1. The highest BCUT2D eigenvalue weighted by Crippen LogP contribution is 2.35. The van der Waals surface area contributed by atoms with Crippen molar-refractivity contribution >= 4 is 35.0 Å². The molecule has 3 rings (SSSR count). The quantitative estimate of drug-likeness (QED) is 0.252. The molecule has 2 amide bonds. The summed E-state index contributed by atoms with van der Waals surface area (Å²) in [7, 11) is 7.70. The fourth-order valence-electron chi connectivity index (χ4n) is 2.78. The van der Waals surface area contributed by atoms with Gasteiger partial charge in [0, 0.05) is 13.4 Å². The molecule has 0 aromatic heterocycles. The maximum absolute atomic E-state index is 12.1. The Morgan fingerprint density at radius 3 is 2.06 bits per heavy atom. The van der Waals surface area contributed by atoms with Crippen LogP contribution in [0.5, 0.6) is 5.75 Å². The van der Waals surface area contributed by atoms with Crippen LogP contribution >= 0.6 is 23.2 Å². The number of benzene rings is 2. The zero-order chi connectivity index (χ0) is 27.6. The van der Waals surface area contributed by atoms with Crippen LogP contribution in [0.15, 0.2) is 36.4 Å². The SMILES string of the molecule is CC.CCl.CN1C(=O)c2cccc(OCC[N+](C)(C)C)c2C1=O.Cc1ccc(Cl)c(C(F)(F)F)c1. The van der Waals surface area contributed by atoms with Gasteiger partial charge in [-0.25, -0.2) is 0 Å². The number of nitrogens with zero attached hydrogens (tertiary/aromatic N) is 2. The molecule has 2 aromatic rings. The predicted octanol–water partition coefficient (Wildman–Crippen LogP) is 6.55. The van der Waals surface area contributed by atoms with Gasteiger partial charge in [0.05, 0.1) is 42.9 Å². The van der Waals surface area contributed by atoms with Crippen LogP contribution < -0.4 is 4.74 Å². The zero-order valence-corrected chi connectivity index (χ0v) is 22.9. The number of halogens is 5. The Hall–Kier alpha value is -2.29. The number of likely N-dealkylation sites (N-methyl/N-ethyl adjacent to an activating group) is 1. The largest absolute Gasteiger partial charge is 0.487 e. The van der Waals surface area contributed by atoms with Gasteiger partial charge in [-0.05, 0) is 31.2 Å². The van der Waals surface area contributed by atoms with Gasteiger partial charge in [0.2, 0.25) is 0 Å². The molecule has 5 nitrogen and oxygen atoms in total. The first-order valence-electron chi connectivity index (χ1n) is 10.8. The zero-order valence-electron chi connectivity index (χ0n) is 21.4. The van der Waals surface area contributed by atoms with Crippen molar-refractivity contribution in [3.8, 4) is 5.75 Å². The van der Waals surface area contributed by atoms with E-state index in [0.717, 1.165) is 22.0 Å². The number of carbonyl (C=O) groups is 2. The molecule has 0 atom stereocenters. The van der Waals surface area contributed by atoms with E-state index in [-0.39, 0.29) is 16.8 Å². The number of alkyl halides is 4. The Morgan fingerprint density at radius 2 is 1.57 bits per heavy atom. The lowest BCUT2D eigenvalue weighted by atomic mass is 10.1. The Labute approximate surface area is 216 Å². The average molecular weight is 538 g/mol. The fraction of sp³-hybridized carbons (Fsp3) is 0.440. The summed E-state index contributed by atoms with van der Waals surface area (Å²) in [5.74, 6) is -0.0634. The molecule has 196 valence electrons. The summed E-state index contributed by atoms with van der Waals surface area (Å²) in [4.78, 5) is 25.0. The lowest BCUT2D eigenvalue weighted by Crippen LogP contribution is -2.38. The monoisotopic (exact) mass is 537 g/mol. The van der Waals surface area contributed by atoms with Gasteiger partial charge >= 0.3 is 6.18 Å². The van der Waals surface area contributed by atoms with Gasteiger partial charge in [-0.1, -0.05) is 43.1 Å². The molecule has 0 bridgehead atoms. The summed E-state index contributed by atoms with van der Waals surface area (Å²) in [5.41, 5.74) is 0.586. The molecule has 0 radical (unpaired) electrons. The van der Waals surface area contributed by atoms with E-state index >= 15 is 0 Å². The van der Waals surface area contributed by atoms with E-state index < -0.39 is 11.7 Å². The first kappa shape index (κ1) is 32.7. The molecule has 0 N–H and O–H groups in total. The Morgan fingerprint density at radius 1 is 1.00 bits per heavy atom. The minimum atomic E-state index is -4.36. The molecule has 2 aromatic carbocycles. The maximum Gasteiger partial charge on any atom is 0.417 e. The van der Waals surface area contributed by atoms with Gasteiger partial charge < -0.3 is 9.22 Å². The van der Waals surface area contributed by atoms with Gasteiger partial charge in [-0.2, -0.15) is 13.2 Å². The highest BCUT2D eigenvalue weighted by atomic mass is 35.5. The van der Waals surface area contributed by atoms with Gasteiger partial charge in [0.15, 0.2) is 0 Å². The molecule has 1 aliphatic rings. The summed E-state index contributed by atoms with van der Waals surface area (Å²) in [6, 6.07) is 8.95. The highest BCUT2D eigenvalue weighted by Gasteiger charge is 2.35. The van der Waals surface area contributed by atoms with Crippen molar-refractivity contribution in [2.75, 3.05) is 47.7 Å². The summed E-state index contributed by atoms with van der Waals surface area (Å²) in [6.45, 7) is 6.92. The standard InChI is InChI=1S/C14H19N2O3.C8H6ClF3.C2H6.CH3Cl/c1-15-13(17)10-6-5-7-11(12(10)14(15)18)19-9-8-16(2,3)4;1-5-2-3-7(9)6(4-5)8(10,11)12;2*1-2/h5-7H,8-9H2,1-4H3;2-4H,1H3;1-2H3;1H3/q+1;;;. The Kier molecular flexibility index (Phi) is 13.4. The van der Waals surface area contributed by atoms with Crippen molar-refractivity contribution in [2.45, 2.75) is 26.9 Å². The Bertz CT molecular complexity index is 991. The number of imide groups is 1. The molecule has 0 unspecified atom stereocenters. The second kappa shape index (κ2) is 14.3. The number of quaternary nitrogens is 1. The highest BCUT2D eigenvalue weighted by molar-refractivity contribution is 6.31. The lowest BCUT2D eigenvalue weighted by molar-refractivity contribution is -0.870. The molecule has 35 heavy (non-hydrogen) atoms. The first-order chi connectivity index (χ1) is 16.2. The third-order valence-electron chi connectivity index (χ3n) is 4.53. The second-order valence-electron chi connectivity index (χ2n) is 8.19. The summed E-state index contributed by atoms with van der Waals surface area (Å²) in [6.07, 6.45) is -2.89. The van der Waals surface area contributed by atoms with Crippen molar-refractivity contribution in [1.82, 2.24) is 4.90 Å². The fourth-order valence-corrected chi connectivity index (χ4v) is 3.00. The molecule has 0 saturated heterocycles. The van der Waals surface area contributed by atoms with Crippen LogP contribution in [0, 0.1) is 6.92 Å². The first-order valence-corrected chi connectivity index (χ1v) is 12.0. The predicted molar refractivity (Wildman–Crippen MR) is 136 cm³/mol. The number of hydrogen-bond acceptors (Lipinski definition) is 3. The van der Waals surface area contributed by atoms with Gasteiger partial charge in [-0.15, -0.1) is 11.6 Å². The van der Waals surface area contributed by atoms with Crippen LogP contribution in [0.4, 0.5) is 13.2 Å². The van der Waals surface area contributed by atoms with Crippen LogP contribution in [0.25, 0.3) is 0 Å². The molecular formula is C25H34Cl2F3N2O3+. The number of fused-ring (bicyclic) bond motifs is 1. The smallest absolute Gasteiger partial charge is 0.417 e. The number of hydrogen-bond donors (Lipinski definition) is 0. The number of amides is 2. The van der Waals surface area contributed by atoms with E-state index in [2.05, 4.69) is 32.7 Å². The van der Waals surface area contributed by atoms with Crippen LogP contribution in [-0.2, 0) is 6.18 Å². The number of ether oxygens (including phenoxy) is 1. The van der Waals surface area contributed by atoms with Gasteiger partial charge in [0.1, 0.15) is 18.9 Å². The number of carbonyl (C=O) groups excluding carboxylic acids is 2. The molecule has 10 heteroatoms. The van der Waals surface area contributed by atoms with E-state index in [1.54, 1.807) is 25.1 Å². The molecule has 1 aliphatic heterocycles. The van der Waals surface area contributed by atoms with E-state index in [1.165, 1.54) is 25.6 Å². The summed E-state index contributed by atoms with van der Waals surface area (Å²) < 4.78 is 42.9. The lowest BCUT2D eigenvalue weighted by Gasteiger charge is -2.23. The number of rotatable bonds is 4. The molecular weight excluding hydrogens is 504 g/mol. The normalized spacial score (nSPS) is 12.4. The van der Waals surface area contributed by atoms with Crippen LogP contribution in [0.1, 0.15) is 45.7 Å². The van der Waals surface area contributed by atoms with E-state index in [4.69, 9.17) is 16.3 Å². The van der Waals surface area contributed by atoms with E-state index in [0.29, 0.717) is 29.0 Å². The van der Waals surface area contributed by atoms with Gasteiger partial charge in [-0.3, -0.25) is 14.5 Å². The van der Waals surface area contributed by atoms with Crippen LogP contribution in [0.2, 0.25) is 5.02 Å². The van der Waals surface area contributed by atoms with Crippen LogP contribution in [-0.4, -0.2) is 68.9 Å². The van der Waals surface area contributed by atoms with E-state index in [9.17, 15) is 22.8 Å². The topological polar surface area (TPSA) is 46.6 Å². The summed E-state index contributed by atoms with van der Waals surface area (Å²) >= 11 is 10.00. The second-order valence-corrected chi connectivity index (χ2v) is 8.60. The third kappa shape index (κ3) is 9.70. The molecule has 0 saturated carbocycles. The molecule has 1 heterocycles. The summed E-state index contributed by atoms with van der Waals surface area (Å²) in [5, 5.41) is -0.256. The van der Waals surface area contributed by atoms with Crippen molar-refractivity contribution in [3.63, 3.8) is 0 Å². The van der Waals surface area contributed by atoms with Crippen molar-refractivity contribution in [2.24, 2.45) is 0 Å². The van der Waals surface area contributed by atoms with Crippen molar-refractivity contribution in [1.29, 1.82) is 0 Å².